The van der Waals surface area contributed by atoms with Crippen LogP contribution in [-0.2, 0) is 18.0 Å². The van der Waals surface area contributed by atoms with E-state index in [2.05, 4.69) is 5.16 Å². The Kier molecular flexibility index (Phi) is 2.19. The number of hydrogen-bond donors (Lipinski definition) is 1. The quantitative estimate of drug-likeness (QED) is 0.793. The fourth-order valence-corrected chi connectivity index (χ4v) is 1.80. The molecule has 0 fully saturated rings. The summed E-state index contributed by atoms with van der Waals surface area (Å²) in [6, 6.07) is 7.05. The Morgan fingerprint density at radius 1 is 1.35 bits per heavy atom. The standard InChI is InChI=1S/C12H9NO4/c14-5-9-4-11(13-17-9)7-1-2-8-6-16-12(15)10(8)3-7/h1-4,14H,5-6H2. The Balaban J connectivity index is 2.04. The number of benzene rings is 1. The van der Waals surface area contributed by atoms with E-state index < -0.39 is 0 Å². The smallest absolute Gasteiger partial charge is 0.338 e. The molecule has 2 aromatic rings. The highest BCUT2D eigenvalue weighted by molar-refractivity contribution is 5.94. The van der Waals surface area contributed by atoms with Gasteiger partial charge in [-0.05, 0) is 6.07 Å². The van der Waals surface area contributed by atoms with Crippen LogP contribution in [0.15, 0.2) is 28.8 Å². The molecule has 0 saturated heterocycles. The number of carbonyl (C=O) groups excluding carboxylic acids is 1. The predicted molar refractivity (Wildman–Crippen MR) is 57.0 cm³/mol. The Morgan fingerprint density at radius 2 is 2.24 bits per heavy atom. The zero-order valence-electron chi connectivity index (χ0n) is 8.84. The number of carbonyl (C=O) groups is 1. The van der Waals surface area contributed by atoms with Crippen LogP contribution in [0.25, 0.3) is 11.3 Å². The molecule has 0 bridgehead atoms. The van der Waals surface area contributed by atoms with Gasteiger partial charge in [-0.2, -0.15) is 0 Å². The molecule has 1 aromatic heterocycles. The van der Waals surface area contributed by atoms with Gasteiger partial charge >= 0.3 is 5.97 Å². The van der Waals surface area contributed by atoms with Gasteiger partial charge in [0.25, 0.3) is 0 Å². The topological polar surface area (TPSA) is 72.6 Å². The first kappa shape index (κ1) is 10.0. The number of ether oxygens (including phenoxy) is 1. The fourth-order valence-electron chi connectivity index (χ4n) is 1.80. The van der Waals surface area contributed by atoms with Crippen molar-refractivity contribution in [2.75, 3.05) is 0 Å². The molecule has 0 spiro atoms. The van der Waals surface area contributed by atoms with E-state index >= 15 is 0 Å². The largest absolute Gasteiger partial charge is 0.457 e. The van der Waals surface area contributed by atoms with Gasteiger partial charge in [-0.1, -0.05) is 17.3 Å². The first-order valence-corrected chi connectivity index (χ1v) is 5.15. The molecule has 5 heteroatoms. The predicted octanol–water partition coefficient (Wildman–Crippen LogP) is 1.50. The van der Waals surface area contributed by atoms with Crippen LogP contribution in [0.1, 0.15) is 21.7 Å². The number of hydrogen-bond acceptors (Lipinski definition) is 5. The third-order valence-electron chi connectivity index (χ3n) is 2.70. The lowest BCUT2D eigenvalue weighted by atomic mass is 10.0. The minimum Gasteiger partial charge on any atom is -0.457 e. The van der Waals surface area contributed by atoms with E-state index in [4.69, 9.17) is 14.4 Å². The Morgan fingerprint density at radius 3 is 3.00 bits per heavy atom. The molecule has 0 radical (unpaired) electrons. The molecule has 0 unspecified atom stereocenters. The number of aromatic nitrogens is 1. The van der Waals surface area contributed by atoms with Crippen molar-refractivity contribution in [3.05, 3.63) is 41.2 Å². The summed E-state index contributed by atoms with van der Waals surface area (Å²) in [6.07, 6.45) is 0. The highest BCUT2D eigenvalue weighted by atomic mass is 16.5. The van der Waals surface area contributed by atoms with Crippen molar-refractivity contribution in [2.24, 2.45) is 0 Å². The molecule has 1 N–H and O–H groups in total. The molecule has 1 aliphatic rings. The van der Waals surface area contributed by atoms with Crippen LogP contribution in [-0.4, -0.2) is 16.2 Å². The van der Waals surface area contributed by atoms with Gasteiger partial charge in [-0.15, -0.1) is 0 Å². The lowest BCUT2D eigenvalue weighted by Crippen LogP contribution is -1.93. The van der Waals surface area contributed by atoms with Gasteiger partial charge in [0.2, 0.25) is 0 Å². The van der Waals surface area contributed by atoms with Gasteiger partial charge in [0.05, 0.1) is 5.56 Å². The second-order valence-electron chi connectivity index (χ2n) is 3.78. The highest BCUT2D eigenvalue weighted by Crippen LogP contribution is 2.26. The van der Waals surface area contributed by atoms with Crippen LogP contribution in [0, 0.1) is 0 Å². The van der Waals surface area contributed by atoms with E-state index in [0.717, 1.165) is 11.1 Å². The summed E-state index contributed by atoms with van der Waals surface area (Å²) < 4.78 is 9.82. The lowest BCUT2D eigenvalue weighted by Gasteiger charge is -1.97. The highest BCUT2D eigenvalue weighted by Gasteiger charge is 2.21. The Bertz CT molecular complexity index is 588. The molecule has 5 nitrogen and oxygen atoms in total. The molecule has 1 aromatic carbocycles. The molecule has 2 heterocycles. The Hall–Kier alpha value is -2.14. The number of esters is 1. The van der Waals surface area contributed by atoms with Crippen molar-refractivity contribution in [1.82, 2.24) is 5.16 Å². The molecule has 1 aliphatic heterocycles. The number of aliphatic hydroxyl groups is 1. The van der Waals surface area contributed by atoms with E-state index in [1.165, 1.54) is 0 Å². The number of fused-ring (bicyclic) bond motifs is 1. The molecule has 3 rings (SSSR count). The fraction of sp³-hybridized carbons (Fsp3) is 0.167. The second-order valence-corrected chi connectivity index (χ2v) is 3.78. The molecule has 86 valence electrons. The zero-order chi connectivity index (χ0) is 11.8. The van der Waals surface area contributed by atoms with Crippen molar-refractivity contribution in [2.45, 2.75) is 13.2 Å². The summed E-state index contributed by atoms with van der Waals surface area (Å²) in [6.45, 7) is 0.134. The minimum atomic E-state index is -0.312. The van der Waals surface area contributed by atoms with Gasteiger partial charge < -0.3 is 14.4 Å². The summed E-state index contributed by atoms with van der Waals surface area (Å²) >= 11 is 0. The molecule has 17 heavy (non-hydrogen) atoms. The first-order chi connectivity index (χ1) is 8.28. The summed E-state index contributed by atoms with van der Waals surface area (Å²) in [4.78, 5) is 11.4. The number of aliphatic hydroxyl groups excluding tert-OH is 1. The van der Waals surface area contributed by atoms with E-state index in [9.17, 15) is 4.79 Å². The number of rotatable bonds is 2. The van der Waals surface area contributed by atoms with Gasteiger partial charge in [-0.3, -0.25) is 0 Å². The van der Waals surface area contributed by atoms with Gasteiger partial charge in [0.15, 0.2) is 5.76 Å². The molecule has 0 amide bonds. The average Bonchev–Trinajstić information content (AvgIpc) is 2.96. The normalized spacial score (nSPS) is 13.6. The number of cyclic esters (lactones) is 1. The summed E-state index contributed by atoms with van der Waals surface area (Å²) in [5, 5.41) is 12.7. The van der Waals surface area contributed by atoms with Gasteiger partial charge in [-0.25, -0.2) is 4.79 Å². The molecule has 0 saturated carbocycles. The summed E-state index contributed by atoms with van der Waals surface area (Å²) in [5.74, 6) is 0.0794. The maximum absolute atomic E-state index is 11.4. The van der Waals surface area contributed by atoms with E-state index in [1.54, 1.807) is 12.1 Å². The summed E-state index contributed by atoms with van der Waals surface area (Å²) in [7, 11) is 0. The van der Waals surface area contributed by atoms with Crippen LogP contribution in [0.5, 0.6) is 0 Å². The van der Waals surface area contributed by atoms with Gasteiger partial charge in [0.1, 0.15) is 18.9 Å². The maximum atomic E-state index is 11.4. The SMILES string of the molecule is O=C1OCc2ccc(-c3cc(CO)on3)cc21. The van der Waals surface area contributed by atoms with Crippen molar-refractivity contribution in [1.29, 1.82) is 0 Å². The lowest BCUT2D eigenvalue weighted by molar-refractivity contribution is 0.0535. The monoisotopic (exact) mass is 231 g/mol. The van der Waals surface area contributed by atoms with Crippen molar-refractivity contribution in [3.8, 4) is 11.3 Å². The van der Waals surface area contributed by atoms with Crippen LogP contribution in [0.3, 0.4) is 0 Å². The van der Waals surface area contributed by atoms with Crippen molar-refractivity contribution >= 4 is 5.97 Å². The Labute approximate surface area is 96.6 Å². The first-order valence-electron chi connectivity index (χ1n) is 5.15. The minimum absolute atomic E-state index is 0.194. The van der Waals surface area contributed by atoms with E-state index in [0.29, 0.717) is 23.6 Å². The van der Waals surface area contributed by atoms with Crippen LogP contribution >= 0.6 is 0 Å². The third kappa shape index (κ3) is 1.60. The van der Waals surface area contributed by atoms with E-state index in [1.807, 2.05) is 12.1 Å². The van der Waals surface area contributed by atoms with E-state index in [-0.39, 0.29) is 12.6 Å². The van der Waals surface area contributed by atoms with Crippen LogP contribution in [0.2, 0.25) is 0 Å². The average molecular weight is 231 g/mol. The molecular formula is C12H9NO4. The van der Waals surface area contributed by atoms with Gasteiger partial charge in [0, 0.05) is 17.2 Å². The third-order valence-corrected chi connectivity index (χ3v) is 2.70. The maximum Gasteiger partial charge on any atom is 0.338 e. The molecule has 0 aliphatic carbocycles. The summed E-state index contributed by atoms with van der Waals surface area (Å²) in [5.41, 5.74) is 2.81. The van der Waals surface area contributed by atoms with Crippen molar-refractivity contribution in [3.63, 3.8) is 0 Å². The second kappa shape index (κ2) is 3.71. The molecule has 0 atom stereocenters. The zero-order valence-corrected chi connectivity index (χ0v) is 8.84. The van der Waals surface area contributed by atoms with Crippen molar-refractivity contribution < 1.29 is 19.2 Å². The molecular weight excluding hydrogens is 222 g/mol. The van der Waals surface area contributed by atoms with Crippen LogP contribution < -0.4 is 0 Å². The van der Waals surface area contributed by atoms with Crippen LogP contribution in [0.4, 0.5) is 0 Å². The number of nitrogens with zero attached hydrogens (tertiary/aromatic N) is 1.